The topological polar surface area (TPSA) is 61.5 Å². The maximum absolute atomic E-state index is 11.3. The number of ether oxygens (including phenoxy) is 2. The van der Waals surface area contributed by atoms with Gasteiger partial charge in [0.25, 0.3) is 0 Å². The van der Waals surface area contributed by atoms with Gasteiger partial charge in [0.05, 0.1) is 13.2 Å². The molecule has 0 bridgehead atoms. The van der Waals surface area contributed by atoms with E-state index < -0.39 is 0 Å². The SMILES string of the molecule is CCCOc1cccc(CC(N)CCC(=O)OCC)c1. The second-order valence-corrected chi connectivity index (χ2v) is 4.80. The van der Waals surface area contributed by atoms with E-state index in [2.05, 4.69) is 6.92 Å². The molecule has 0 spiro atoms. The van der Waals surface area contributed by atoms with Gasteiger partial charge in [-0.25, -0.2) is 0 Å². The van der Waals surface area contributed by atoms with Crippen molar-refractivity contribution in [2.24, 2.45) is 5.73 Å². The molecule has 0 saturated carbocycles. The van der Waals surface area contributed by atoms with E-state index in [0.29, 0.717) is 19.4 Å². The Morgan fingerprint density at radius 3 is 2.85 bits per heavy atom. The Hall–Kier alpha value is -1.55. The molecule has 0 aliphatic heterocycles. The van der Waals surface area contributed by atoms with Crippen molar-refractivity contribution < 1.29 is 14.3 Å². The molecular weight excluding hydrogens is 254 g/mol. The summed E-state index contributed by atoms with van der Waals surface area (Å²) in [4.78, 5) is 11.3. The van der Waals surface area contributed by atoms with E-state index >= 15 is 0 Å². The van der Waals surface area contributed by atoms with Gasteiger partial charge in [-0.2, -0.15) is 0 Å². The molecule has 1 aromatic carbocycles. The second kappa shape index (κ2) is 9.37. The molecule has 0 amide bonds. The lowest BCUT2D eigenvalue weighted by Gasteiger charge is -2.12. The van der Waals surface area contributed by atoms with Gasteiger partial charge in [-0.3, -0.25) is 4.79 Å². The number of benzene rings is 1. The molecule has 0 radical (unpaired) electrons. The van der Waals surface area contributed by atoms with E-state index in [9.17, 15) is 4.79 Å². The molecule has 112 valence electrons. The lowest BCUT2D eigenvalue weighted by Crippen LogP contribution is -2.24. The number of nitrogens with two attached hydrogens (primary N) is 1. The summed E-state index contributed by atoms with van der Waals surface area (Å²) in [7, 11) is 0. The van der Waals surface area contributed by atoms with Gasteiger partial charge in [0, 0.05) is 12.5 Å². The molecule has 0 heterocycles. The van der Waals surface area contributed by atoms with Crippen LogP contribution in [0.2, 0.25) is 0 Å². The molecule has 1 unspecified atom stereocenters. The van der Waals surface area contributed by atoms with Crippen LogP contribution in [-0.2, 0) is 16.0 Å². The molecule has 0 aromatic heterocycles. The molecule has 20 heavy (non-hydrogen) atoms. The summed E-state index contributed by atoms with van der Waals surface area (Å²) in [5, 5.41) is 0. The highest BCUT2D eigenvalue weighted by molar-refractivity contribution is 5.69. The Bertz CT molecular complexity index is 406. The Morgan fingerprint density at radius 1 is 1.35 bits per heavy atom. The van der Waals surface area contributed by atoms with E-state index in [1.54, 1.807) is 6.92 Å². The monoisotopic (exact) mass is 279 g/mol. The fourth-order valence-electron chi connectivity index (χ4n) is 1.92. The van der Waals surface area contributed by atoms with E-state index in [1.807, 2.05) is 24.3 Å². The van der Waals surface area contributed by atoms with Crippen molar-refractivity contribution in [3.63, 3.8) is 0 Å². The van der Waals surface area contributed by atoms with Crippen molar-refractivity contribution in [1.82, 2.24) is 0 Å². The van der Waals surface area contributed by atoms with Crippen molar-refractivity contribution in [2.45, 2.75) is 45.6 Å². The number of hydrogen-bond acceptors (Lipinski definition) is 4. The molecule has 4 nitrogen and oxygen atoms in total. The van der Waals surface area contributed by atoms with Crippen molar-refractivity contribution >= 4 is 5.97 Å². The molecule has 0 aliphatic carbocycles. The molecule has 0 aliphatic rings. The predicted molar refractivity (Wildman–Crippen MR) is 79.8 cm³/mol. The van der Waals surface area contributed by atoms with Crippen molar-refractivity contribution in [1.29, 1.82) is 0 Å². The largest absolute Gasteiger partial charge is 0.494 e. The summed E-state index contributed by atoms with van der Waals surface area (Å²) < 4.78 is 10.5. The minimum absolute atomic E-state index is 0.0409. The summed E-state index contributed by atoms with van der Waals surface area (Å²) in [6.45, 7) is 5.03. The van der Waals surface area contributed by atoms with Gasteiger partial charge in [-0.05, 0) is 43.9 Å². The van der Waals surface area contributed by atoms with Crippen molar-refractivity contribution in [3.8, 4) is 5.75 Å². The van der Waals surface area contributed by atoms with Crippen LogP contribution in [0.4, 0.5) is 0 Å². The first kappa shape index (κ1) is 16.5. The van der Waals surface area contributed by atoms with Crippen LogP contribution < -0.4 is 10.5 Å². The fourth-order valence-corrected chi connectivity index (χ4v) is 1.92. The second-order valence-electron chi connectivity index (χ2n) is 4.80. The van der Waals surface area contributed by atoms with Crippen LogP contribution in [0.5, 0.6) is 5.75 Å². The molecular formula is C16H25NO3. The summed E-state index contributed by atoms with van der Waals surface area (Å²) in [5.74, 6) is 0.699. The van der Waals surface area contributed by atoms with Gasteiger partial charge in [-0.15, -0.1) is 0 Å². The van der Waals surface area contributed by atoms with Crippen LogP contribution in [-0.4, -0.2) is 25.2 Å². The Labute approximate surface area is 121 Å². The Balaban J connectivity index is 2.40. The molecule has 0 fully saturated rings. The third-order valence-electron chi connectivity index (χ3n) is 2.89. The van der Waals surface area contributed by atoms with Gasteiger partial charge >= 0.3 is 5.97 Å². The van der Waals surface area contributed by atoms with Crippen LogP contribution >= 0.6 is 0 Å². The lowest BCUT2D eigenvalue weighted by atomic mass is 10.0. The number of rotatable bonds is 9. The Kier molecular flexibility index (Phi) is 7.73. The van der Waals surface area contributed by atoms with Crippen LogP contribution in [0.25, 0.3) is 0 Å². The zero-order chi connectivity index (χ0) is 14.8. The van der Waals surface area contributed by atoms with Gasteiger partial charge < -0.3 is 15.2 Å². The summed E-state index contributed by atoms with van der Waals surface area (Å²) in [5.41, 5.74) is 7.19. The third kappa shape index (κ3) is 6.57. The maximum atomic E-state index is 11.3. The first-order valence-corrected chi connectivity index (χ1v) is 7.28. The smallest absolute Gasteiger partial charge is 0.305 e. The average molecular weight is 279 g/mol. The number of carbonyl (C=O) groups excluding carboxylic acids is 1. The molecule has 1 atom stereocenters. The summed E-state index contributed by atoms with van der Waals surface area (Å²) in [6, 6.07) is 7.92. The minimum Gasteiger partial charge on any atom is -0.494 e. The van der Waals surface area contributed by atoms with Crippen LogP contribution in [0.15, 0.2) is 24.3 Å². The van der Waals surface area contributed by atoms with Gasteiger partial charge in [0.1, 0.15) is 5.75 Å². The third-order valence-corrected chi connectivity index (χ3v) is 2.89. The van der Waals surface area contributed by atoms with Crippen LogP contribution in [0.1, 0.15) is 38.7 Å². The number of carbonyl (C=O) groups is 1. The van der Waals surface area contributed by atoms with Gasteiger partial charge in [0.2, 0.25) is 0 Å². The number of hydrogen-bond donors (Lipinski definition) is 1. The first-order chi connectivity index (χ1) is 9.65. The van der Waals surface area contributed by atoms with E-state index in [0.717, 1.165) is 30.8 Å². The molecule has 1 rings (SSSR count). The van der Waals surface area contributed by atoms with Crippen LogP contribution in [0, 0.1) is 0 Å². The molecule has 0 saturated heterocycles. The average Bonchev–Trinajstić information content (AvgIpc) is 2.44. The van der Waals surface area contributed by atoms with Gasteiger partial charge in [0.15, 0.2) is 0 Å². The zero-order valence-corrected chi connectivity index (χ0v) is 12.4. The lowest BCUT2D eigenvalue weighted by molar-refractivity contribution is -0.143. The van der Waals surface area contributed by atoms with E-state index in [-0.39, 0.29) is 12.0 Å². The summed E-state index contributed by atoms with van der Waals surface area (Å²) >= 11 is 0. The fraction of sp³-hybridized carbons (Fsp3) is 0.562. The highest BCUT2D eigenvalue weighted by atomic mass is 16.5. The quantitative estimate of drug-likeness (QED) is 0.706. The van der Waals surface area contributed by atoms with Gasteiger partial charge in [-0.1, -0.05) is 19.1 Å². The number of esters is 1. The Morgan fingerprint density at radius 2 is 2.15 bits per heavy atom. The predicted octanol–water partition coefficient (Wildman–Crippen LogP) is 2.69. The van der Waals surface area contributed by atoms with Crippen molar-refractivity contribution in [2.75, 3.05) is 13.2 Å². The van der Waals surface area contributed by atoms with E-state index in [1.165, 1.54) is 0 Å². The molecule has 2 N–H and O–H groups in total. The van der Waals surface area contributed by atoms with E-state index in [4.69, 9.17) is 15.2 Å². The van der Waals surface area contributed by atoms with Crippen molar-refractivity contribution in [3.05, 3.63) is 29.8 Å². The zero-order valence-electron chi connectivity index (χ0n) is 12.4. The highest BCUT2D eigenvalue weighted by Gasteiger charge is 2.09. The molecule has 1 aromatic rings. The minimum atomic E-state index is -0.178. The summed E-state index contributed by atoms with van der Waals surface area (Å²) in [6.07, 6.45) is 2.74. The first-order valence-electron chi connectivity index (χ1n) is 7.28. The standard InChI is InChI=1S/C16H25NO3/c1-3-10-20-15-7-5-6-13(12-15)11-14(17)8-9-16(18)19-4-2/h5-7,12,14H,3-4,8-11,17H2,1-2H3. The maximum Gasteiger partial charge on any atom is 0.305 e. The highest BCUT2D eigenvalue weighted by Crippen LogP contribution is 2.15. The van der Waals surface area contributed by atoms with Crippen LogP contribution in [0.3, 0.4) is 0 Å². The normalized spacial score (nSPS) is 11.9. The molecule has 4 heteroatoms.